The van der Waals surface area contributed by atoms with Crippen LogP contribution in [-0.4, -0.2) is 24.8 Å². The van der Waals surface area contributed by atoms with Gasteiger partial charge < -0.3 is 10.3 Å². The molecule has 1 aromatic heterocycles. The van der Waals surface area contributed by atoms with Gasteiger partial charge in [0.1, 0.15) is 4.90 Å². The molecule has 0 spiro atoms. The monoisotopic (exact) mass is 385 g/mol. The number of hydrogen-bond donors (Lipinski definition) is 3. The Bertz CT molecular complexity index is 1080. The maximum absolute atomic E-state index is 12.7. The summed E-state index contributed by atoms with van der Waals surface area (Å²) in [6.07, 6.45) is 1.94. The SMILES string of the molecule is CC(C)(C)NS(=O)(=O)c1ccccc1NC(=O)Cc1c[nH]c2ccccc12. The van der Waals surface area contributed by atoms with E-state index in [1.54, 1.807) is 45.2 Å². The van der Waals surface area contributed by atoms with Crippen LogP contribution >= 0.6 is 0 Å². The van der Waals surface area contributed by atoms with Gasteiger partial charge in [0.05, 0.1) is 12.1 Å². The number of sulfonamides is 1. The van der Waals surface area contributed by atoms with Gasteiger partial charge in [0.25, 0.3) is 0 Å². The summed E-state index contributed by atoms with van der Waals surface area (Å²) in [5.41, 5.74) is 1.45. The van der Waals surface area contributed by atoms with E-state index < -0.39 is 15.6 Å². The Morgan fingerprint density at radius 3 is 2.44 bits per heavy atom. The molecule has 0 bridgehead atoms. The lowest BCUT2D eigenvalue weighted by Gasteiger charge is -2.21. The van der Waals surface area contributed by atoms with Crippen molar-refractivity contribution in [2.45, 2.75) is 37.6 Å². The topological polar surface area (TPSA) is 91.1 Å². The molecule has 6 nitrogen and oxygen atoms in total. The Hall–Kier alpha value is -2.64. The summed E-state index contributed by atoms with van der Waals surface area (Å²) in [5, 5.41) is 3.71. The van der Waals surface area contributed by atoms with Gasteiger partial charge in [-0.05, 0) is 44.5 Å². The fourth-order valence-corrected chi connectivity index (χ4v) is 4.49. The van der Waals surface area contributed by atoms with Crippen molar-refractivity contribution in [2.75, 3.05) is 5.32 Å². The van der Waals surface area contributed by atoms with Gasteiger partial charge in [-0.1, -0.05) is 30.3 Å². The second-order valence-electron chi connectivity index (χ2n) is 7.44. The van der Waals surface area contributed by atoms with E-state index in [-0.39, 0.29) is 22.9 Å². The smallest absolute Gasteiger partial charge is 0.243 e. The Morgan fingerprint density at radius 2 is 1.70 bits per heavy atom. The highest BCUT2D eigenvalue weighted by Crippen LogP contribution is 2.23. The molecule has 0 fully saturated rings. The number of para-hydroxylation sites is 2. The van der Waals surface area contributed by atoms with Gasteiger partial charge in [-0.25, -0.2) is 13.1 Å². The minimum Gasteiger partial charge on any atom is -0.361 e. The third-order valence-corrected chi connectivity index (χ3v) is 5.73. The van der Waals surface area contributed by atoms with Crippen LogP contribution in [0.1, 0.15) is 26.3 Å². The molecule has 0 unspecified atom stereocenters. The van der Waals surface area contributed by atoms with Crippen LogP contribution in [0.2, 0.25) is 0 Å². The maximum atomic E-state index is 12.7. The van der Waals surface area contributed by atoms with Crippen molar-refractivity contribution >= 4 is 32.5 Å². The van der Waals surface area contributed by atoms with Crippen LogP contribution in [0.5, 0.6) is 0 Å². The van der Waals surface area contributed by atoms with Crippen molar-refractivity contribution in [2.24, 2.45) is 0 Å². The van der Waals surface area contributed by atoms with Gasteiger partial charge in [0.15, 0.2) is 0 Å². The third-order valence-electron chi connectivity index (χ3n) is 3.92. The highest BCUT2D eigenvalue weighted by molar-refractivity contribution is 7.89. The lowest BCUT2D eigenvalue weighted by molar-refractivity contribution is -0.115. The summed E-state index contributed by atoms with van der Waals surface area (Å²) in [5.74, 6) is -0.279. The number of benzene rings is 2. The van der Waals surface area contributed by atoms with E-state index in [1.807, 2.05) is 24.3 Å². The number of aromatic amines is 1. The molecular formula is C20H23N3O3S. The summed E-state index contributed by atoms with van der Waals surface area (Å²) in [7, 11) is -3.76. The van der Waals surface area contributed by atoms with Crippen LogP contribution < -0.4 is 10.0 Å². The van der Waals surface area contributed by atoms with E-state index in [1.165, 1.54) is 6.07 Å². The zero-order valence-corrected chi connectivity index (χ0v) is 16.4. The van der Waals surface area contributed by atoms with Gasteiger partial charge >= 0.3 is 0 Å². The average molecular weight is 385 g/mol. The number of hydrogen-bond acceptors (Lipinski definition) is 3. The van der Waals surface area contributed by atoms with Crippen molar-refractivity contribution < 1.29 is 13.2 Å². The highest BCUT2D eigenvalue weighted by Gasteiger charge is 2.25. The fourth-order valence-electron chi connectivity index (χ4n) is 2.91. The molecule has 3 rings (SSSR count). The van der Waals surface area contributed by atoms with Crippen molar-refractivity contribution in [1.29, 1.82) is 0 Å². The average Bonchev–Trinajstić information content (AvgIpc) is 2.96. The van der Waals surface area contributed by atoms with E-state index in [9.17, 15) is 13.2 Å². The lowest BCUT2D eigenvalue weighted by atomic mass is 10.1. The van der Waals surface area contributed by atoms with Crippen LogP contribution in [0.25, 0.3) is 10.9 Å². The van der Waals surface area contributed by atoms with Gasteiger partial charge in [-0.3, -0.25) is 4.79 Å². The normalized spacial score (nSPS) is 12.3. The maximum Gasteiger partial charge on any atom is 0.243 e. The van der Waals surface area contributed by atoms with E-state index in [0.29, 0.717) is 0 Å². The van der Waals surface area contributed by atoms with Crippen LogP contribution in [0, 0.1) is 0 Å². The van der Waals surface area contributed by atoms with E-state index in [4.69, 9.17) is 0 Å². The molecule has 3 aromatic rings. The Kier molecular flexibility index (Phi) is 5.08. The number of nitrogens with one attached hydrogen (secondary N) is 3. The number of rotatable bonds is 5. The highest BCUT2D eigenvalue weighted by atomic mass is 32.2. The van der Waals surface area contributed by atoms with Crippen LogP contribution in [-0.2, 0) is 21.2 Å². The number of carbonyl (C=O) groups excluding carboxylic acids is 1. The minimum atomic E-state index is -3.76. The Labute approximate surface area is 159 Å². The van der Waals surface area contributed by atoms with Crippen molar-refractivity contribution in [3.05, 3.63) is 60.3 Å². The van der Waals surface area contributed by atoms with Gasteiger partial charge in [-0.2, -0.15) is 0 Å². The Balaban J connectivity index is 1.83. The summed E-state index contributed by atoms with van der Waals surface area (Å²) >= 11 is 0. The standard InChI is InChI=1S/C20H23N3O3S/c1-20(2,3)23-27(25,26)18-11-7-6-10-17(18)22-19(24)12-14-13-21-16-9-5-4-8-15(14)16/h4-11,13,21,23H,12H2,1-3H3,(H,22,24). The Morgan fingerprint density at radius 1 is 1.04 bits per heavy atom. The largest absolute Gasteiger partial charge is 0.361 e. The van der Waals surface area contributed by atoms with Crippen LogP contribution in [0.3, 0.4) is 0 Å². The lowest BCUT2D eigenvalue weighted by Crippen LogP contribution is -2.40. The zero-order chi connectivity index (χ0) is 19.7. The second-order valence-corrected chi connectivity index (χ2v) is 9.09. The number of anilines is 1. The van der Waals surface area contributed by atoms with Crippen molar-refractivity contribution in [3.63, 3.8) is 0 Å². The molecule has 0 saturated heterocycles. The molecule has 0 aliphatic rings. The number of carbonyl (C=O) groups is 1. The van der Waals surface area contributed by atoms with Gasteiger partial charge in [0.2, 0.25) is 15.9 Å². The molecule has 142 valence electrons. The molecule has 0 aliphatic carbocycles. The molecule has 7 heteroatoms. The summed E-state index contributed by atoms with van der Waals surface area (Å²) in [6.45, 7) is 5.30. The molecular weight excluding hydrogens is 362 g/mol. The quantitative estimate of drug-likeness (QED) is 0.628. The summed E-state index contributed by atoms with van der Waals surface area (Å²) in [4.78, 5) is 15.7. The fraction of sp³-hybridized carbons (Fsp3) is 0.250. The minimum absolute atomic E-state index is 0.0483. The van der Waals surface area contributed by atoms with E-state index in [0.717, 1.165) is 16.5 Å². The number of aromatic nitrogens is 1. The van der Waals surface area contributed by atoms with Gasteiger partial charge in [-0.15, -0.1) is 0 Å². The molecule has 0 aliphatic heterocycles. The van der Waals surface area contributed by atoms with Crippen LogP contribution in [0.4, 0.5) is 5.69 Å². The first-order valence-electron chi connectivity index (χ1n) is 8.63. The third kappa shape index (κ3) is 4.56. The number of H-pyrrole nitrogens is 1. The molecule has 0 radical (unpaired) electrons. The molecule has 0 atom stereocenters. The molecule has 3 N–H and O–H groups in total. The van der Waals surface area contributed by atoms with Crippen molar-refractivity contribution in [1.82, 2.24) is 9.71 Å². The number of fused-ring (bicyclic) bond motifs is 1. The summed E-state index contributed by atoms with van der Waals surface area (Å²) in [6, 6.07) is 14.1. The predicted molar refractivity (Wildman–Crippen MR) is 107 cm³/mol. The first-order chi connectivity index (χ1) is 12.7. The second kappa shape index (κ2) is 7.17. The first-order valence-corrected chi connectivity index (χ1v) is 10.1. The molecule has 0 saturated carbocycles. The molecule has 27 heavy (non-hydrogen) atoms. The van der Waals surface area contributed by atoms with E-state index >= 15 is 0 Å². The van der Waals surface area contributed by atoms with E-state index in [2.05, 4.69) is 15.0 Å². The van der Waals surface area contributed by atoms with Crippen LogP contribution in [0.15, 0.2) is 59.6 Å². The predicted octanol–water partition coefficient (Wildman–Crippen LogP) is 3.43. The summed E-state index contributed by atoms with van der Waals surface area (Å²) < 4.78 is 28.0. The molecule has 1 amide bonds. The first kappa shape index (κ1) is 19.1. The molecule has 2 aromatic carbocycles. The zero-order valence-electron chi connectivity index (χ0n) is 15.5. The number of amides is 1. The van der Waals surface area contributed by atoms with Gasteiger partial charge in [0, 0.05) is 22.6 Å². The van der Waals surface area contributed by atoms with Crippen molar-refractivity contribution in [3.8, 4) is 0 Å². The molecule has 1 heterocycles.